The number of carbonyl (C=O) groups excluding carboxylic acids is 1. The van der Waals surface area contributed by atoms with E-state index in [1.54, 1.807) is 6.92 Å². The molecule has 2 rings (SSSR count). The highest BCUT2D eigenvalue weighted by atomic mass is 32.2. The van der Waals surface area contributed by atoms with Crippen molar-refractivity contribution in [3.8, 4) is 0 Å². The molecule has 2 aromatic rings. The molecule has 2 aromatic carbocycles. The van der Waals surface area contributed by atoms with Crippen LogP contribution in [0.15, 0.2) is 48.5 Å². The van der Waals surface area contributed by atoms with Crippen LogP contribution >= 0.6 is 0 Å². The number of benzene rings is 2. The molecule has 0 radical (unpaired) electrons. The van der Waals surface area contributed by atoms with Crippen LogP contribution in [0.5, 0.6) is 0 Å². The Morgan fingerprint density at radius 2 is 1.86 bits per heavy atom. The largest absolute Gasteiger partial charge is 0.352 e. The molecule has 0 fully saturated rings. The lowest BCUT2D eigenvalue weighted by Gasteiger charge is -2.24. The van der Waals surface area contributed by atoms with Crippen LogP contribution in [-0.2, 0) is 21.2 Å². The molecule has 0 spiro atoms. The lowest BCUT2D eigenvalue weighted by Crippen LogP contribution is -2.43. The van der Waals surface area contributed by atoms with Gasteiger partial charge < -0.3 is 5.32 Å². The zero-order valence-corrected chi connectivity index (χ0v) is 17.5. The average Bonchev–Trinajstić information content (AvgIpc) is 2.65. The number of nitro benzene ring substituents is 1. The molecule has 0 aliphatic heterocycles. The molecule has 1 amide bonds. The Morgan fingerprint density at radius 3 is 2.45 bits per heavy atom. The van der Waals surface area contributed by atoms with Crippen LogP contribution in [0.2, 0.25) is 0 Å². The molecule has 0 unspecified atom stereocenters. The second-order valence-corrected chi connectivity index (χ2v) is 8.90. The van der Waals surface area contributed by atoms with Gasteiger partial charge in [0.1, 0.15) is 6.54 Å². The van der Waals surface area contributed by atoms with Crippen molar-refractivity contribution in [2.45, 2.75) is 32.7 Å². The minimum absolute atomic E-state index is 0.119. The predicted molar refractivity (Wildman–Crippen MR) is 112 cm³/mol. The van der Waals surface area contributed by atoms with Gasteiger partial charge in [-0.05, 0) is 37.8 Å². The fourth-order valence-corrected chi connectivity index (χ4v) is 3.82. The Morgan fingerprint density at radius 1 is 1.21 bits per heavy atom. The van der Waals surface area contributed by atoms with E-state index < -0.39 is 27.4 Å². The van der Waals surface area contributed by atoms with Gasteiger partial charge in [-0.2, -0.15) is 0 Å². The number of nitrogens with zero attached hydrogens (tertiary/aromatic N) is 2. The normalized spacial score (nSPS) is 12.2. The first-order valence-electron chi connectivity index (χ1n) is 9.14. The second-order valence-electron chi connectivity index (χ2n) is 6.99. The summed E-state index contributed by atoms with van der Waals surface area (Å²) in [5.74, 6) is -0.470. The highest BCUT2D eigenvalue weighted by Gasteiger charge is 2.24. The summed E-state index contributed by atoms with van der Waals surface area (Å²) in [6.45, 7) is 3.04. The number of amides is 1. The molecule has 0 aromatic heterocycles. The summed E-state index contributed by atoms with van der Waals surface area (Å²) in [5.41, 5.74) is 1.55. The third kappa shape index (κ3) is 6.56. The van der Waals surface area contributed by atoms with E-state index in [2.05, 4.69) is 5.32 Å². The first kappa shape index (κ1) is 22.4. The van der Waals surface area contributed by atoms with E-state index in [9.17, 15) is 23.3 Å². The fourth-order valence-electron chi connectivity index (χ4n) is 2.91. The topological polar surface area (TPSA) is 110 Å². The molecule has 29 heavy (non-hydrogen) atoms. The number of non-ortho nitro benzene ring substituents is 1. The Bertz CT molecular complexity index is 977. The van der Waals surface area contributed by atoms with E-state index in [1.165, 1.54) is 18.2 Å². The van der Waals surface area contributed by atoms with Crippen molar-refractivity contribution in [3.63, 3.8) is 0 Å². The minimum Gasteiger partial charge on any atom is -0.352 e. The second kappa shape index (κ2) is 9.51. The summed E-state index contributed by atoms with van der Waals surface area (Å²) >= 11 is 0. The van der Waals surface area contributed by atoms with Crippen LogP contribution in [0, 0.1) is 17.0 Å². The standard InChI is InChI=1S/C20H25N3O5S/c1-15-9-12-18(23(25)26)13-19(15)22(29(3,27)28)14-20(24)21-16(2)10-11-17-7-5-4-6-8-17/h4-9,12-13,16H,10-11,14H2,1-3H3,(H,21,24)/t16-/m1/s1. The summed E-state index contributed by atoms with van der Waals surface area (Å²) in [4.78, 5) is 22.9. The van der Waals surface area contributed by atoms with Gasteiger partial charge >= 0.3 is 0 Å². The smallest absolute Gasteiger partial charge is 0.271 e. The third-order valence-corrected chi connectivity index (χ3v) is 5.60. The Kier molecular flexibility index (Phi) is 7.33. The quantitative estimate of drug-likeness (QED) is 0.496. The lowest BCUT2D eigenvalue weighted by molar-refractivity contribution is -0.384. The monoisotopic (exact) mass is 419 g/mol. The van der Waals surface area contributed by atoms with Crippen molar-refractivity contribution in [1.29, 1.82) is 0 Å². The fraction of sp³-hybridized carbons (Fsp3) is 0.350. The van der Waals surface area contributed by atoms with Crippen molar-refractivity contribution < 1.29 is 18.1 Å². The lowest BCUT2D eigenvalue weighted by atomic mass is 10.1. The Hall–Kier alpha value is -2.94. The van der Waals surface area contributed by atoms with Crippen molar-refractivity contribution >= 4 is 27.3 Å². The average molecular weight is 420 g/mol. The molecular formula is C20H25N3O5S. The molecule has 0 saturated carbocycles. The minimum atomic E-state index is -3.82. The number of hydrogen-bond donors (Lipinski definition) is 1. The van der Waals surface area contributed by atoms with Gasteiger partial charge in [0.25, 0.3) is 5.69 Å². The number of sulfonamides is 1. The van der Waals surface area contributed by atoms with Crippen LogP contribution in [0.4, 0.5) is 11.4 Å². The van der Waals surface area contributed by atoms with Gasteiger partial charge in [0.05, 0.1) is 16.9 Å². The number of nitrogens with one attached hydrogen (secondary N) is 1. The number of carbonyl (C=O) groups is 1. The number of hydrogen-bond acceptors (Lipinski definition) is 5. The van der Waals surface area contributed by atoms with E-state index in [4.69, 9.17) is 0 Å². The molecule has 0 bridgehead atoms. The van der Waals surface area contributed by atoms with Crippen molar-refractivity contribution in [2.75, 3.05) is 17.1 Å². The Balaban J connectivity index is 2.10. The van der Waals surface area contributed by atoms with Gasteiger partial charge in [-0.3, -0.25) is 19.2 Å². The maximum Gasteiger partial charge on any atom is 0.271 e. The molecular weight excluding hydrogens is 394 g/mol. The Labute approximate surface area is 170 Å². The summed E-state index contributed by atoms with van der Waals surface area (Å²) in [6.07, 6.45) is 2.45. The van der Waals surface area contributed by atoms with E-state index in [1.807, 2.05) is 37.3 Å². The summed E-state index contributed by atoms with van der Waals surface area (Å²) in [5, 5.41) is 13.9. The molecule has 0 heterocycles. The molecule has 1 N–H and O–H groups in total. The first-order valence-corrected chi connectivity index (χ1v) is 11.0. The van der Waals surface area contributed by atoms with Crippen molar-refractivity contribution in [2.24, 2.45) is 0 Å². The highest BCUT2D eigenvalue weighted by molar-refractivity contribution is 7.92. The SMILES string of the molecule is Cc1ccc([N+](=O)[O-])cc1N(CC(=O)N[C@H](C)CCc1ccccc1)S(C)(=O)=O. The van der Waals surface area contributed by atoms with Crippen LogP contribution in [0.1, 0.15) is 24.5 Å². The number of rotatable bonds is 9. The van der Waals surface area contributed by atoms with E-state index in [-0.39, 0.29) is 17.4 Å². The van der Waals surface area contributed by atoms with Crippen molar-refractivity contribution in [3.05, 3.63) is 69.8 Å². The van der Waals surface area contributed by atoms with Gasteiger partial charge in [-0.25, -0.2) is 8.42 Å². The van der Waals surface area contributed by atoms with E-state index in [0.717, 1.165) is 22.5 Å². The van der Waals surface area contributed by atoms with Crippen LogP contribution in [-0.4, -0.2) is 38.1 Å². The maximum atomic E-state index is 12.5. The first-order chi connectivity index (χ1) is 13.6. The zero-order chi connectivity index (χ0) is 21.6. The summed E-state index contributed by atoms with van der Waals surface area (Å²) < 4.78 is 25.4. The third-order valence-electron chi connectivity index (χ3n) is 4.48. The number of anilines is 1. The van der Waals surface area contributed by atoms with Gasteiger partial charge in [0.15, 0.2) is 0 Å². The number of nitro groups is 1. The van der Waals surface area contributed by atoms with Gasteiger partial charge in [0.2, 0.25) is 15.9 Å². The van der Waals surface area contributed by atoms with Crippen molar-refractivity contribution in [1.82, 2.24) is 5.32 Å². The predicted octanol–water partition coefficient (Wildman–Crippen LogP) is 2.81. The van der Waals surface area contributed by atoms with Crippen LogP contribution in [0.3, 0.4) is 0 Å². The van der Waals surface area contributed by atoms with E-state index >= 15 is 0 Å². The summed E-state index contributed by atoms with van der Waals surface area (Å²) in [7, 11) is -3.82. The zero-order valence-electron chi connectivity index (χ0n) is 16.7. The number of aryl methyl sites for hydroxylation is 2. The molecule has 0 saturated heterocycles. The molecule has 0 aliphatic rings. The highest BCUT2D eigenvalue weighted by Crippen LogP contribution is 2.27. The molecule has 9 heteroatoms. The molecule has 1 atom stereocenters. The van der Waals surface area contributed by atoms with Crippen LogP contribution < -0.4 is 9.62 Å². The van der Waals surface area contributed by atoms with E-state index in [0.29, 0.717) is 12.0 Å². The molecule has 8 nitrogen and oxygen atoms in total. The van der Waals surface area contributed by atoms with Crippen LogP contribution in [0.25, 0.3) is 0 Å². The molecule has 0 aliphatic carbocycles. The maximum absolute atomic E-state index is 12.5. The van der Waals surface area contributed by atoms with Gasteiger partial charge in [-0.15, -0.1) is 0 Å². The van der Waals surface area contributed by atoms with Gasteiger partial charge in [0, 0.05) is 18.2 Å². The summed E-state index contributed by atoms with van der Waals surface area (Å²) in [6, 6.07) is 13.6. The molecule has 156 valence electrons. The van der Waals surface area contributed by atoms with Gasteiger partial charge in [-0.1, -0.05) is 36.4 Å².